The molecule has 0 heterocycles. The second-order valence-electron chi connectivity index (χ2n) is 4.36. The van der Waals surface area contributed by atoms with Gasteiger partial charge in [0.15, 0.2) is 11.5 Å². The maximum Gasteiger partial charge on any atom is 0.160 e. The topological polar surface area (TPSA) is 18.5 Å². The molecular weight excluding hydrogens is 200 g/mol. The van der Waals surface area contributed by atoms with Crippen molar-refractivity contribution in [2.75, 3.05) is 7.11 Å². The number of hydrogen-bond donors (Lipinski definition) is 0. The standard InChI is InChI=1S/C14H22O2/c1-11(2)10-14(15-4)12(3)16-13-8-6-5-7-9-13/h10,13H,1,3,5-9H2,2,4H3/b14-10+. The Balaban J connectivity index is 2.51. The van der Waals surface area contributed by atoms with Gasteiger partial charge in [0.2, 0.25) is 0 Å². The predicted molar refractivity (Wildman–Crippen MR) is 67.0 cm³/mol. The van der Waals surface area contributed by atoms with Gasteiger partial charge in [-0.25, -0.2) is 0 Å². The minimum Gasteiger partial charge on any atom is -0.493 e. The van der Waals surface area contributed by atoms with Gasteiger partial charge >= 0.3 is 0 Å². The molecule has 0 spiro atoms. The zero-order valence-electron chi connectivity index (χ0n) is 10.4. The van der Waals surface area contributed by atoms with Crippen LogP contribution in [0.1, 0.15) is 39.0 Å². The van der Waals surface area contributed by atoms with Gasteiger partial charge in [-0.05, 0) is 38.7 Å². The number of ether oxygens (including phenoxy) is 2. The van der Waals surface area contributed by atoms with Crippen molar-refractivity contribution in [3.05, 3.63) is 36.3 Å². The van der Waals surface area contributed by atoms with Crippen molar-refractivity contribution in [2.24, 2.45) is 0 Å². The minimum atomic E-state index is 0.310. The molecule has 0 unspecified atom stereocenters. The second-order valence-corrected chi connectivity index (χ2v) is 4.36. The molecule has 2 nitrogen and oxygen atoms in total. The van der Waals surface area contributed by atoms with E-state index in [1.807, 2.05) is 13.0 Å². The molecule has 0 bridgehead atoms. The third kappa shape index (κ3) is 4.13. The van der Waals surface area contributed by atoms with Gasteiger partial charge in [0.1, 0.15) is 0 Å². The van der Waals surface area contributed by atoms with Crippen molar-refractivity contribution in [3.8, 4) is 0 Å². The largest absolute Gasteiger partial charge is 0.493 e. The summed E-state index contributed by atoms with van der Waals surface area (Å²) in [4.78, 5) is 0. The zero-order chi connectivity index (χ0) is 12.0. The van der Waals surface area contributed by atoms with Crippen LogP contribution >= 0.6 is 0 Å². The molecule has 1 saturated carbocycles. The molecule has 0 aromatic rings. The van der Waals surface area contributed by atoms with Gasteiger partial charge in [-0.15, -0.1) is 0 Å². The van der Waals surface area contributed by atoms with E-state index < -0.39 is 0 Å². The Morgan fingerprint density at radius 2 is 1.81 bits per heavy atom. The smallest absolute Gasteiger partial charge is 0.160 e. The van der Waals surface area contributed by atoms with Crippen molar-refractivity contribution in [1.82, 2.24) is 0 Å². The molecule has 0 N–H and O–H groups in total. The fourth-order valence-electron chi connectivity index (χ4n) is 1.92. The average molecular weight is 222 g/mol. The van der Waals surface area contributed by atoms with Crippen LogP contribution in [0.5, 0.6) is 0 Å². The molecule has 1 aliphatic rings. The summed E-state index contributed by atoms with van der Waals surface area (Å²) >= 11 is 0. The van der Waals surface area contributed by atoms with E-state index in [1.54, 1.807) is 7.11 Å². The van der Waals surface area contributed by atoms with Gasteiger partial charge in [0.25, 0.3) is 0 Å². The summed E-state index contributed by atoms with van der Waals surface area (Å²) in [5.41, 5.74) is 0.935. The van der Waals surface area contributed by atoms with Crippen LogP contribution in [0.25, 0.3) is 0 Å². The summed E-state index contributed by atoms with van der Waals surface area (Å²) in [5, 5.41) is 0. The molecule has 2 heteroatoms. The van der Waals surface area contributed by atoms with Crippen LogP contribution in [0, 0.1) is 0 Å². The maximum atomic E-state index is 5.82. The average Bonchev–Trinajstić information content (AvgIpc) is 2.26. The lowest BCUT2D eigenvalue weighted by Crippen LogP contribution is -2.16. The highest BCUT2D eigenvalue weighted by Crippen LogP contribution is 2.24. The van der Waals surface area contributed by atoms with Crippen molar-refractivity contribution < 1.29 is 9.47 Å². The number of methoxy groups -OCH3 is 1. The molecule has 90 valence electrons. The van der Waals surface area contributed by atoms with Crippen LogP contribution in [0.3, 0.4) is 0 Å². The molecule has 0 amide bonds. The molecule has 0 aromatic carbocycles. The Hall–Kier alpha value is -1.18. The van der Waals surface area contributed by atoms with Gasteiger partial charge < -0.3 is 9.47 Å². The molecule has 1 fully saturated rings. The van der Waals surface area contributed by atoms with Crippen molar-refractivity contribution in [3.63, 3.8) is 0 Å². The summed E-state index contributed by atoms with van der Waals surface area (Å²) in [6.07, 6.45) is 8.25. The van der Waals surface area contributed by atoms with E-state index in [1.165, 1.54) is 19.3 Å². The van der Waals surface area contributed by atoms with Crippen LogP contribution in [0.15, 0.2) is 36.3 Å². The van der Waals surface area contributed by atoms with Crippen molar-refractivity contribution in [1.29, 1.82) is 0 Å². The molecule has 16 heavy (non-hydrogen) atoms. The summed E-state index contributed by atoms with van der Waals surface area (Å²) in [5.74, 6) is 1.30. The predicted octanol–water partition coefficient (Wildman–Crippen LogP) is 3.96. The fourth-order valence-corrected chi connectivity index (χ4v) is 1.92. The molecule has 0 aliphatic heterocycles. The lowest BCUT2D eigenvalue weighted by atomic mass is 9.98. The molecule has 0 aromatic heterocycles. The Morgan fingerprint density at radius 3 is 2.31 bits per heavy atom. The summed E-state index contributed by atoms with van der Waals surface area (Å²) in [6, 6.07) is 0. The zero-order valence-corrected chi connectivity index (χ0v) is 10.4. The second kappa shape index (κ2) is 6.41. The van der Waals surface area contributed by atoms with Crippen LogP contribution in [0.2, 0.25) is 0 Å². The summed E-state index contributed by atoms with van der Waals surface area (Å²) in [7, 11) is 1.63. The molecule has 1 aliphatic carbocycles. The third-order valence-corrected chi connectivity index (χ3v) is 2.73. The highest BCUT2D eigenvalue weighted by molar-refractivity contribution is 5.25. The summed E-state index contributed by atoms with van der Waals surface area (Å²) < 4.78 is 11.1. The monoisotopic (exact) mass is 222 g/mol. The Bertz CT molecular complexity index is 283. The van der Waals surface area contributed by atoms with E-state index in [9.17, 15) is 0 Å². The van der Waals surface area contributed by atoms with E-state index in [0.717, 1.165) is 18.4 Å². The maximum absolute atomic E-state index is 5.82. The van der Waals surface area contributed by atoms with E-state index in [0.29, 0.717) is 17.6 Å². The molecule has 1 rings (SSSR count). The molecular formula is C14H22O2. The van der Waals surface area contributed by atoms with E-state index in [2.05, 4.69) is 13.2 Å². The van der Waals surface area contributed by atoms with Crippen LogP contribution < -0.4 is 0 Å². The normalized spacial score (nSPS) is 18.0. The first-order valence-electron chi connectivity index (χ1n) is 5.90. The van der Waals surface area contributed by atoms with Gasteiger partial charge in [0, 0.05) is 0 Å². The number of rotatable bonds is 5. The summed E-state index contributed by atoms with van der Waals surface area (Å²) in [6.45, 7) is 9.66. The van der Waals surface area contributed by atoms with Crippen molar-refractivity contribution in [2.45, 2.75) is 45.1 Å². The third-order valence-electron chi connectivity index (χ3n) is 2.73. The first kappa shape index (κ1) is 12.9. The van der Waals surface area contributed by atoms with Gasteiger partial charge in [-0.2, -0.15) is 0 Å². The first-order valence-corrected chi connectivity index (χ1v) is 5.90. The van der Waals surface area contributed by atoms with E-state index in [-0.39, 0.29) is 0 Å². The molecule has 0 atom stereocenters. The Morgan fingerprint density at radius 1 is 1.19 bits per heavy atom. The van der Waals surface area contributed by atoms with Crippen LogP contribution in [-0.4, -0.2) is 13.2 Å². The Kier molecular flexibility index (Phi) is 5.17. The Labute approximate surface area is 98.6 Å². The fraction of sp³-hybridized carbons (Fsp3) is 0.571. The molecule has 0 radical (unpaired) electrons. The van der Waals surface area contributed by atoms with E-state index in [4.69, 9.17) is 9.47 Å². The van der Waals surface area contributed by atoms with Crippen LogP contribution in [0.4, 0.5) is 0 Å². The van der Waals surface area contributed by atoms with Gasteiger partial charge in [0.05, 0.1) is 13.2 Å². The number of hydrogen-bond acceptors (Lipinski definition) is 2. The highest BCUT2D eigenvalue weighted by atomic mass is 16.5. The van der Waals surface area contributed by atoms with Gasteiger partial charge in [-0.3, -0.25) is 0 Å². The lowest BCUT2D eigenvalue weighted by Gasteiger charge is -2.24. The van der Waals surface area contributed by atoms with E-state index >= 15 is 0 Å². The minimum absolute atomic E-state index is 0.310. The SMILES string of the molecule is C=C(C)/C=C(/OC)C(=C)OC1CCCCC1. The molecule has 0 saturated heterocycles. The van der Waals surface area contributed by atoms with Crippen LogP contribution in [-0.2, 0) is 9.47 Å². The highest BCUT2D eigenvalue weighted by Gasteiger charge is 2.16. The van der Waals surface area contributed by atoms with Gasteiger partial charge in [-0.1, -0.05) is 25.2 Å². The quantitative estimate of drug-likeness (QED) is 0.518. The lowest BCUT2D eigenvalue weighted by molar-refractivity contribution is 0.0733. The van der Waals surface area contributed by atoms with Crippen molar-refractivity contribution >= 4 is 0 Å². The number of allylic oxidation sites excluding steroid dienone is 2. The first-order chi connectivity index (χ1) is 7.63.